The van der Waals surface area contributed by atoms with Gasteiger partial charge in [0.05, 0.1) is 23.8 Å². The number of carbonyl (C=O) groups excluding carboxylic acids is 1. The van der Waals surface area contributed by atoms with Crippen LogP contribution in [0, 0.1) is 0 Å². The van der Waals surface area contributed by atoms with Gasteiger partial charge in [-0.05, 0) is 78.9 Å². The normalized spacial score (nSPS) is 14.1. The maximum absolute atomic E-state index is 14.1. The Morgan fingerprint density at radius 3 is 1.74 bits per heavy atom. The number of allylic oxidation sites excluding steroid dienone is 1. The van der Waals surface area contributed by atoms with Crippen LogP contribution in [-0.4, -0.2) is 18.6 Å². The number of anilines is 1. The van der Waals surface area contributed by atoms with Crippen molar-refractivity contribution >= 4 is 17.2 Å². The lowest BCUT2D eigenvalue weighted by atomic mass is 9.64. The molecule has 3 heteroatoms. The Morgan fingerprint density at radius 1 is 0.667 bits per heavy atom. The van der Waals surface area contributed by atoms with Gasteiger partial charge in [-0.2, -0.15) is 0 Å². The van der Waals surface area contributed by atoms with Gasteiger partial charge in [0, 0.05) is 11.1 Å². The zero-order valence-corrected chi connectivity index (χ0v) is 24.5. The topological polar surface area (TPSA) is 29.5 Å². The predicted molar refractivity (Wildman–Crippen MR) is 172 cm³/mol. The van der Waals surface area contributed by atoms with Crippen molar-refractivity contribution in [3.8, 4) is 5.75 Å². The molecule has 1 amide bonds. The predicted octanol–water partition coefficient (Wildman–Crippen LogP) is 8.92. The van der Waals surface area contributed by atoms with Gasteiger partial charge in [0.25, 0.3) is 5.91 Å². The molecular weight excluding hydrogens is 514 g/mol. The highest BCUT2D eigenvalue weighted by Gasteiger charge is 2.41. The van der Waals surface area contributed by atoms with Crippen molar-refractivity contribution < 1.29 is 9.53 Å². The van der Waals surface area contributed by atoms with Gasteiger partial charge >= 0.3 is 0 Å². The molecule has 0 N–H and O–H groups in total. The second-order valence-electron chi connectivity index (χ2n) is 11.4. The van der Waals surface area contributed by atoms with Crippen LogP contribution in [0.4, 0.5) is 5.69 Å². The van der Waals surface area contributed by atoms with Crippen molar-refractivity contribution in [1.82, 2.24) is 0 Å². The van der Waals surface area contributed by atoms with Crippen molar-refractivity contribution in [3.63, 3.8) is 0 Å². The van der Waals surface area contributed by atoms with Gasteiger partial charge in [-0.15, -0.1) is 0 Å². The summed E-state index contributed by atoms with van der Waals surface area (Å²) in [6, 6.07) is 46.1. The highest BCUT2D eigenvalue weighted by Crippen LogP contribution is 2.48. The van der Waals surface area contributed by atoms with Crippen molar-refractivity contribution in [2.24, 2.45) is 0 Å². The Bertz CT molecular complexity index is 1660. The van der Waals surface area contributed by atoms with Crippen LogP contribution in [0.3, 0.4) is 0 Å². The minimum absolute atomic E-state index is 0.0582. The Labute approximate surface area is 248 Å². The SMILES string of the molecule is COc1cccc(C(=O)N2c3ccc(C(c4ccccc4)(c4ccccc4)c4ccccc4)cc3C(C)=CC2(C)C)c1. The molecule has 0 saturated heterocycles. The first-order chi connectivity index (χ1) is 20.4. The lowest BCUT2D eigenvalue weighted by molar-refractivity contribution is 0.0969. The van der Waals surface area contributed by atoms with Crippen LogP contribution in [0.15, 0.2) is 140 Å². The first kappa shape index (κ1) is 27.3. The van der Waals surface area contributed by atoms with E-state index in [1.807, 2.05) is 29.2 Å². The number of hydrogen-bond donors (Lipinski definition) is 0. The summed E-state index contributed by atoms with van der Waals surface area (Å²) in [5.41, 5.74) is 7.31. The van der Waals surface area contributed by atoms with E-state index in [-0.39, 0.29) is 5.91 Å². The molecule has 0 unspecified atom stereocenters. The van der Waals surface area contributed by atoms with Gasteiger partial charge in [0.1, 0.15) is 5.75 Å². The largest absolute Gasteiger partial charge is 0.497 e. The van der Waals surface area contributed by atoms with Crippen LogP contribution < -0.4 is 9.64 Å². The number of methoxy groups -OCH3 is 1. The third-order valence-corrected chi connectivity index (χ3v) is 8.38. The van der Waals surface area contributed by atoms with Crippen LogP contribution in [0.25, 0.3) is 5.57 Å². The Hall–Kier alpha value is -4.89. The van der Waals surface area contributed by atoms with Crippen molar-refractivity contribution in [3.05, 3.63) is 173 Å². The van der Waals surface area contributed by atoms with Crippen LogP contribution in [-0.2, 0) is 5.41 Å². The molecule has 5 aromatic carbocycles. The van der Waals surface area contributed by atoms with Gasteiger partial charge < -0.3 is 4.74 Å². The van der Waals surface area contributed by atoms with E-state index in [2.05, 4.69) is 136 Å². The lowest BCUT2D eigenvalue weighted by Crippen LogP contribution is -2.49. The Balaban J connectivity index is 1.60. The maximum Gasteiger partial charge on any atom is 0.259 e. The molecule has 0 aliphatic carbocycles. The average molecular weight is 550 g/mol. The smallest absolute Gasteiger partial charge is 0.259 e. The fourth-order valence-corrected chi connectivity index (χ4v) is 6.58. The molecule has 0 aromatic heterocycles. The number of hydrogen-bond acceptors (Lipinski definition) is 2. The molecule has 42 heavy (non-hydrogen) atoms. The van der Waals surface area contributed by atoms with Gasteiger partial charge in [-0.25, -0.2) is 0 Å². The number of rotatable bonds is 6. The second-order valence-corrected chi connectivity index (χ2v) is 11.4. The molecule has 1 heterocycles. The van der Waals surface area contributed by atoms with E-state index >= 15 is 0 Å². The fourth-order valence-electron chi connectivity index (χ4n) is 6.58. The molecule has 0 bridgehead atoms. The summed E-state index contributed by atoms with van der Waals surface area (Å²) in [5.74, 6) is 0.605. The van der Waals surface area contributed by atoms with Crippen LogP contribution in [0.2, 0.25) is 0 Å². The van der Waals surface area contributed by atoms with Crippen LogP contribution in [0.1, 0.15) is 58.9 Å². The minimum atomic E-state index is -0.562. The number of ether oxygens (including phenoxy) is 1. The molecule has 0 spiro atoms. The van der Waals surface area contributed by atoms with Crippen molar-refractivity contribution in [2.45, 2.75) is 31.7 Å². The first-order valence-electron chi connectivity index (χ1n) is 14.4. The summed E-state index contributed by atoms with van der Waals surface area (Å²) in [6.07, 6.45) is 2.20. The Morgan fingerprint density at radius 2 is 1.21 bits per heavy atom. The quantitative estimate of drug-likeness (QED) is 0.198. The minimum Gasteiger partial charge on any atom is -0.497 e. The summed E-state index contributed by atoms with van der Waals surface area (Å²) < 4.78 is 5.43. The van der Waals surface area contributed by atoms with E-state index in [9.17, 15) is 4.79 Å². The monoisotopic (exact) mass is 549 g/mol. The highest BCUT2D eigenvalue weighted by atomic mass is 16.5. The van der Waals surface area contributed by atoms with Gasteiger partial charge in [0.2, 0.25) is 0 Å². The van der Waals surface area contributed by atoms with E-state index in [0.717, 1.165) is 22.4 Å². The summed E-state index contributed by atoms with van der Waals surface area (Å²) in [5, 5.41) is 0. The molecule has 6 rings (SSSR count). The fraction of sp³-hybridized carbons (Fsp3) is 0.154. The first-order valence-corrected chi connectivity index (χ1v) is 14.4. The molecule has 0 saturated carbocycles. The average Bonchev–Trinajstić information content (AvgIpc) is 3.03. The van der Waals surface area contributed by atoms with Crippen molar-refractivity contribution in [1.29, 1.82) is 0 Å². The maximum atomic E-state index is 14.1. The molecule has 5 aromatic rings. The molecule has 0 radical (unpaired) electrons. The zero-order chi connectivity index (χ0) is 29.3. The number of fused-ring (bicyclic) bond motifs is 1. The number of nitrogens with zero attached hydrogens (tertiary/aromatic N) is 1. The van der Waals surface area contributed by atoms with Crippen LogP contribution >= 0.6 is 0 Å². The Kier molecular flexibility index (Phi) is 7.04. The van der Waals surface area contributed by atoms with E-state index < -0.39 is 11.0 Å². The summed E-state index contributed by atoms with van der Waals surface area (Å²) in [4.78, 5) is 16.1. The molecule has 1 aliphatic heterocycles. The van der Waals surface area contributed by atoms with E-state index in [1.54, 1.807) is 7.11 Å². The molecule has 208 valence electrons. The summed E-state index contributed by atoms with van der Waals surface area (Å²) >= 11 is 0. The van der Waals surface area contributed by atoms with Crippen LogP contribution in [0.5, 0.6) is 5.75 Å². The molecule has 0 fully saturated rings. The highest BCUT2D eigenvalue weighted by molar-refractivity contribution is 6.10. The van der Waals surface area contributed by atoms with Gasteiger partial charge in [0.15, 0.2) is 0 Å². The summed E-state index contributed by atoms with van der Waals surface area (Å²) in [7, 11) is 1.62. The van der Waals surface area contributed by atoms with Gasteiger partial charge in [-0.3, -0.25) is 9.69 Å². The number of amides is 1. The third kappa shape index (κ3) is 4.52. The van der Waals surface area contributed by atoms with E-state index in [0.29, 0.717) is 11.3 Å². The zero-order valence-electron chi connectivity index (χ0n) is 24.5. The second kappa shape index (κ2) is 10.8. The number of benzene rings is 5. The van der Waals surface area contributed by atoms with Crippen molar-refractivity contribution in [2.75, 3.05) is 12.0 Å². The van der Waals surface area contributed by atoms with E-state index in [1.165, 1.54) is 16.7 Å². The van der Waals surface area contributed by atoms with E-state index in [4.69, 9.17) is 4.74 Å². The molecule has 3 nitrogen and oxygen atoms in total. The standard InChI is InChI=1S/C39H35NO2/c1-28-27-38(2,3)40(37(41)29-15-14-22-34(25-29)42-4)36-24-23-33(26-35(28)36)39(30-16-8-5-9-17-30,31-18-10-6-11-19-31)32-20-12-7-13-21-32/h5-27H,1-4H3. The summed E-state index contributed by atoms with van der Waals surface area (Å²) in [6.45, 7) is 6.33. The lowest BCUT2D eigenvalue weighted by Gasteiger charge is -2.43. The molecular formula is C39H35NO2. The third-order valence-electron chi connectivity index (χ3n) is 8.38. The molecule has 0 atom stereocenters. The van der Waals surface area contributed by atoms with Gasteiger partial charge in [-0.1, -0.05) is 109 Å². The molecule has 1 aliphatic rings. The number of carbonyl (C=O) groups is 1.